The Bertz CT molecular complexity index is 1250. The van der Waals surface area contributed by atoms with Gasteiger partial charge in [-0.1, -0.05) is 60.2 Å². The molecule has 2 amide bonds. The van der Waals surface area contributed by atoms with Gasteiger partial charge < -0.3 is 10.2 Å². The van der Waals surface area contributed by atoms with Crippen LogP contribution in [0.25, 0.3) is 0 Å². The predicted molar refractivity (Wildman–Crippen MR) is 127 cm³/mol. The van der Waals surface area contributed by atoms with Crippen molar-refractivity contribution in [3.05, 3.63) is 126 Å². The number of aryl methyl sites for hydroxylation is 1. The number of amides is 2. The first kappa shape index (κ1) is 22.8. The smallest absolute Gasteiger partial charge is 0.275 e. The lowest BCUT2D eigenvalue weighted by molar-refractivity contribution is -0.121. The molecule has 1 N–H and O–H groups in total. The second-order valence-corrected chi connectivity index (χ2v) is 7.82. The number of nitrogens with one attached hydrogen (secondary N) is 1. The summed E-state index contributed by atoms with van der Waals surface area (Å²) in [5.74, 6) is -1.27. The number of carbonyl (C=O) groups excluding carboxylic acids is 2. The highest BCUT2D eigenvalue weighted by Crippen LogP contribution is 2.27. The molecule has 1 unspecified atom stereocenters. The first-order chi connectivity index (χ1) is 16.5. The van der Waals surface area contributed by atoms with Gasteiger partial charge in [-0.15, -0.1) is 0 Å². The van der Waals surface area contributed by atoms with E-state index in [-0.39, 0.29) is 12.2 Å². The van der Waals surface area contributed by atoms with Gasteiger partial charge in [0, 0.05) is 24.6 Å². The average Bonchev–Trinajstić information content (AvgIpc) is 2.87. The molecule has 3 aromatic carbocycles. The second kappa shape index (κ2) is 10.5. The van der Waals surface area contributed by atoms with Crippen LogP contribution in [0.1, 0.15) is 33.2 Å². The zero-order valence-corrected chi connectivity index (χ0v) is 18.6. The van der Waals surface area contributed by atoms with Crippen molar-refractivity contribution in [1.82, 2.24) is 14.9 Å². The van der Waals surface area contributed by atoms with Crippen LogP contribution in [0.15, 0.2) is 97.5 Å². The maximum absolute atomic E-state index is 13.6. The van der Waals surface area contributed by atoms with E-state index in [1.54, 1.807) is 12.1 Å². The Morgan fingerprint density at radius 3 is 2.29 bits per heavy atom. The third-order valence-electron chi connectivity index (χ3n) is 5.30. The molecule has 0 aliphatic heterocycles. The topological polar surface area (TPSA) is 75.2 Å². The fourth-order valence-corrected chi connectivity index (χ4v) is 3.58. The minimum Gasteiger partial charge on any atom is -0.324 e. The minimum absolute atomic E-state index is 0.130. The maximum atomic E-state index is 13.6. The van der Waals surface area contributed by atoms with Gasteiger partial charge in [-0.2, -0.15) is 0 Å². The molecular weight excluding hydrogens is 431 g/mol. The Balaban J connectivity index is 1.76. The summed E-state index contributed by atoms with van der Waals surface area (Å²) in [6.07, 6.45) is 4.30. The van der Waals surface area contributed by atoms with Gasteiger partial charge in [0.2, 0.25) is 0 Å². The van der Waals surface area contributed by atoms with E-state index in [1.165, 1.54) is 47.8 Å². The van der Waals surface area contributed by atoms with Gasteiger partial charge in [-0.25, -0.2) is 9.37 Å². The van der Waals surface area contributed by atoms with E-state index in [9.17, 15) is 14.0 Å². The Kier molecular flexibility index (Phi) is 7.03. The molecule has 170 valence electrons. The van der Waals surface area contributed by atoms with E-state index in [1.807, 2.05) is 49.4 Å². The molecule has 1 atom stereocenters. The highest BCUT2D eigenvalue weighted by Gasteiger charge is 2.33. The standard InChI is InChI=1S/C27H23FN4O2/c1-19-7-9-20(10-8-19)18-32(27(34)24-17-29-15-16-30-24)25(21-5-3-2-4-6-21)26(33)31-23-13-11-22(28)12-14-23/h2-17,25H,18H2,1H3,(H,31,33). The molecule has 0 bridgehead atoms. The van der Waals surface area contributed by atoms with E-state index in [0.29, 0.717) is 11.3 Å². The molecule has 0 aliphatic rings. The molecule has 0 saturated carbocycles. The van der Waals surface area contributed by atoms with E-state index in [2.05, 4.69) is 15.3 Å². The predicted octanol–water partition coefficient (Wildman–Crippen LogP) is 4.95. The minimum atomic E-state index is -0.970. The molecule has 4 aromatic rings. The summed E-state index contributed by atoms with van der Waals surface area (Å²) in [4.78, 5) is 36.9. The first-order valence-corrected chi connectivity index (χ1v) is 10.7. The quantitative estimate of drug-likeness (QED) is 0.429. The van der Waals surface area contributed by atoms with Gasteiger partial charge in [-0.05, 0) is 42.3 Å². The molecule has 1 heterocycles. The van der Waals surface area contributed by atoms with Gasteiger partial charge in [0.05, 0.1) is 6.20 Å². The number of nitrogens with zero attached hydrogens (tertiary/aromatic N) is 3. The van der Waals surface area contributed by atoms with E-state index in [4.69, 9.17) is 0 Å². The van der Waals surface area contributed by atoms with Crippen LogP contribution in [-0.2, 0) is 11.3 Å². The van der Waals surface area contributed by atoms with Crippen LogP contribution in [0.5, 0.6) is 0 Å². The van der Waals surface area contributed by atoms with Gasteiger partial charge >= 0.3 is 0 Å². The highest BCUT2D eigenvalue weighted by atomic mass is 19.1. The van der Waals surface area contributed by atoms with Gasteiger partial charge in [0.1, 0.15) is 17.6 Å². The average molecular weight is 455 g/mol. The monoisotopic (exact) mass is 454 g/mol. The number of hydrogen-bond donors (Lipinski definition) is 1. The molecule has 1 aromatic heterocycles. The van der Waals surface area contributed by atoms with Crippen molar-refractivity contribution in [2.24, 2.45) is 0 Å². The number of aromatic nitrogens is 2. The summed E-state index contributed by atoms with van der Waals surface area (Å²) < 4.78 is 13.4. The zero-order valence-electron chi connectivity index (χ0n) is 18.6. The molecule has 4 rings (SSSR count). The van der Waals surface area contributed by atoms with Crippen molar-refractivity contribution in [2.75, 3.05) is 5.32 Å². The molecule has 0 saturated heterocycles. The van der Waals surface area contributed by atoms with Crippen LogP contribution in [0.2, 0.25) is 0 Å². The van der Waals surface area contributed by atoms with Gasteiger partial charge in [0.25, 0.3) is 11.8 Å². The number of halogens is 1. The molecule has 34 heavy (non-hydrogen) atoms. The highest BCUT2D eigenvalue weighted by molar-refractivity contribution is 6.00. The number of carbonyl (C=O) groups is 2. The van der Waals surface area contributed by atoms with E-state index >= 15 is 0 Å². The van der Waals surface area contributed by atoms with Crippen LogP contribution >= 0.6 is 0 Å². The lowest BCUT2D eigenvalue weighted by atomic mass is 10.0. The molecule has 0 spiro atoms. The maximum Gasteiger partial charge on any atom is 0.275 e. The normalized spacial score (nSPS) is 11.5. The first-order valence-electron chi connectivity index (χ1n) is 10.7. The Morgan fingerprint density at radius 2 is 1.65 bits per heavy atom. The molecule has 6 nitrogen and oxygen atoms in total. The summed E-state index contributed by atoms with van der Waals surface area (Å²) in [5.41, 5.74) is 3.13. The number of rotatable bonds is 7. The largest absolute Gasteiger partial charge is 0.324 e. The van der Waals surface area contributed by atoms with Crippen molar-refractivity contribution in [2.45, 2.75) is 19.5 Å². The Hall–Kier alpha value is -4.39. The number of benzene rings is 3. The molecule has 7 heteroatoms. The molecule has 0 radical (unpaired) electrons. The van der Waals surface area contributed by atoms with Crippen molar-refractivity contribution in [1.29, 1.82) is 0 Å². The summed E-state index contributed by atoms with van der Waals surface area (Å²) in [5, 5.41) is 2.81. The second-order valence-electron chi connectivity index (χ2n) is 7.82. The SMILES string of the molecule is Cc1ccc(CN(C(=O)c2cnccn2)C(C(=O)Nc2ccc(F)cc2)c2ccccc2)cc1. The van der Waals surface area contributed by atoms with Crippen molar-refractivity contribution < 1.29 is 14.0 Å². The molecular formula is C27H23FN4O2. The summed E-state index contributed by atoms with van der Waals surface area (Å²) >= 11 is 0. The fraction of sp³-hybridized carbons (Fsp3) is 0.111. The summed E-state index contributed by atoms with van der Waals surface area (Å²) in [7, 11) is 0. The summed E-state index contributed by atoms with van der Waals surface area (Å²) in [6, 6.07) is 21.3. The van der Waals surface area contributed by atoms with E-state index in [0.717, 1.165) is 11.1 Å². The number of anilines is 1. The third-order valence-corrected chi connectivity index (χ3v) is 5.30. The number of hydrogen-bond acceptors (Lipinski definition) is 4. The Morgan fingerprint density at radius 1 is 0.941 bits per heavy atom. The lowest BCUT2D eigenvalue weighted by Gasteiger charge is -2.31. The van der Waals surface area contributed by atoms with Crippen molar-refractivity contribution in [3.8, 4) is 0 Å². The van der Waals surface area contributed by atoms with Crippen LogP contribution in [0.3, 0.4) is 0 Å². The molecule has 0 aliphatic carbocycles. The van der Waals surface area contributed by atoms with Crippen LogP contribution in [0, 0.1) is 12.7 Å². The van der Waals surface area contributed by atoms with E-state index < -0.39 is 23.7 Å². The van der Waals surface area contributed by atoms with Crippen molar-refractivity contribution in [3.63, 3.8) is 0 Å². The van der Waals surface area contributed by atoms with Crippen LogP contribution in [-0.4, -0.2) is 26.7 Å². The van der Waals surface area contributed by atoms with Gasteiger partial charge in [0.15, 0.2) is 0 Å². The summed E-state index contributed by atoms with van der Waals surface area (Å²) in [6.45, 7) is 2.15. The van der Waals surface area contributed by atoms with Crippen LogP contribution < -0.4 is 5.32 Å². The Labute approximate surface area is 197 Å². The molecule has 0 fully saturated rings. The van der Waals surface area contributed by atoms with Gasteiger partial charge in [-0.3, -0.25) is 14.6 Å². The third kappa shape index (κ3) is 5.50. The zero-order chi connectivity index (χ0) is 23.9. The fourth-order valence-electron chi connectivity index (χ4n) is 3.58. The van der Waals surface area contributed by atoms with Crippen LogP contribution in [0.4, 0.5) is 10.1 Å². The van der Waals surface area contributed by atoms with Crippen molar-refractivity contribution >= 4 is 17.5 Å². The lowest BCUT2D eigenvalue weighted by Crippen LogP contribution is -2.41.